The van der Waals surface area contributed by atoms with Crippen LogP contribution in [0.3, 0.4) is 0 Å². The maximum absolute atomic E-state index is 10.7. The molecule has 72 valence electrons. The van der Waals surface area contributed by atoms with E-state index in [4.69, 9.17) is 28.3 Å². The van der Waals surface area contributed by atoms with Crippen LogP contribution in [0.25, 0.3) is 0 Å². The van der Waals surface area contributed by atoms with Gasteiger partial charge < -0.3 is 10.0 Å². The van der Waals surface area contributed by atoms with Crippen molar-refractivity contribution in [1.29, 1.82) is 0 Å². The predicted molar refractivity (Wildman–Crippen MR) is 51.7 cm³/mol. The van der Waals surface area contributed by atoms with Gasteiger partial charge in [-0.2, -0.15) is 0 Å². The summed E-state index contributed by atoms with van der Waals surface area (Å²) in [6, 6.07) is 0. The van der Waals surface area contributed by atoms with Crippen molar-refractivity contribution in [3.05, 3.63) is 21.8 Å². The van der Waals surface area contributed by atoms with E-state index in [-0.39, 0.29) is 17.2 Å². The van der Waals surface area contributed by atoms with Crippen molar-refractivity contribution in [2.75, 3.05) is 13.1 Å². The van der Waals surface area contributed by atoms with Crippen LogP contribution in [-0.2, 0) is 4.79 Å². The molecule has 0 radical (unpaired) electrons. The highest BCUT2D eigenvalue weighted by atomic mass is 35.5. The molecule has 0 unspecified atom stereocenters. The lowest BCUT2D eigenvalue weighted by molar-refractivity contribution is -0.132. The topological polar surface area (TPSA) is 40.5 Å². The summed E-state index contributed by atoms with van der Waals surface area (Å²) >= 11 is 11.5. The molecule has 0 aromatic rings. The van der Waals surface area contributed by atoms with Gasteiger partial charge in [-0.3, -0.25) is 0 Å². The number of halogens is 2. The molecule has 0 atom stereocenters. The first-order valence-corrected chi connectivity index (χ1v) is 4.56. The number of allylic oxidation sites excluding steroid dienone is 2. The average molecular weight is 222 g/mol. The van der Waals surface area contributed by atoms with Gasteiger partial charge >= 0.3 is 5.97 Å². The third-order valence-electron chi connectivity index (χ3n) is 1.83. The second-order valence-corrected chi connectivity index (χ2v) is 3.41. The summed E-state index contributed by atoms with van der Waals surface area (Å²) in [6.45, 7) is 2.82. The maximum Gasteiger partial charge on any atom is 0.334 e. The Kier molecular flexibility index (Phi) is 3.22. The fourth-order valence-electron chi connectivity index (χ4n) is 1.06. The van der Waals surface area contributed by atoms with Crippen molar-refractivity contribution in [2.45, 2.75) is 6.92 Å². The largest absolute Gasteiger partial charge is 0.478 e. The molecule has 1 rings (SSSR count). The Morgan fingerprint density at radius 3 is 2.77 bits per heavy atom. The molecule has 3 nitrogen and oxygen atoms in total. The van der Waals surface area contributed by atoms with E-state index in [9.17, 15) is 4.79 Å². The highest BCUT2D eigenvalue weighted by Crippen LogP contribution is 2.25. The van der Waals surface area contributed by atoms with Gasteiger partial charge in [-0.15, -0.1) is 0 Å². The van der Waals surface area contributed by atoms with Crippen molar-refractivity contribution in [1.82, 2.24) is 4.90 Å². The molecule has 0 spiro atoms. The number of carbonyl (C=O) groups is 1. The smallest absolute Gasteiger partial charge is 0.334 e. The van der Waals surface area contributed by atoms with Gasteiger partial charge in [0.2, 0.25) is 0 Å². The van der Waals surface area contributed by atoms with E-state index in [0.29, 0.717) is 11.7 Å². The van der Waals surface area contributed by atoms with E-state index in [0.717, 1.165) is 0 Å². The van der Waals surface area contributed by atoms with Crippen LogP contribution in [0.2, 0.25) is 0 Å². The van der Waals surface area contributed by atoms with Crippen molar-refractivity contribution in [2.24, 2.45) is 0 Å². The van der Waals surface area contributed by atoms with Crippen LogP contribution in [0.4, 0.5) is 0 Å². The van der Waals surface area contributed by atoms with Crippen LogP contribution >= 0.6 is 23.2 Å². The van der Waals surface area contributed by atoms with Crippen LogP contribution in [0.15, 0.2) is 21.8 Å². The van der Waals surface area contributed by atoms with Gasteiger partial charge in [0, 0.05) is 6.54 Å². The molecule has 0 saturated carbocycles. The van der Waals surface area contributed by atoms with Crippen LogP contribution in [0, 0.1) is 0 Å². The molecule has 1 aliphatic rings. The standard InChI is InChI=1S/C8H9Cl2NO2/c1-2-11-4-5(8(12)13)6(9)3-7(11)10/h3H,2,4H2,1H3,(H,12,13). The number of rotatable bonds is 2. The summed E-state index contributed by atoms with van der Waals surface area (Å²) in [5.74, 6) is -0.996. The van der Waals surface area contributed by atoms with Crippen LogP contribution < -0.4 is 0 Å². The van der Waals surface area contributed by atoms with E-state index >= 15 is 0 Å². The van der Waals surface area contributed by atoms with Gasteiger partial charge in [-0.05, 0) is 13.0 Å². The number of aliphatic carboxylic acids is 1. The fraction of sp³-hybridized carbons (Fsp3) is 0.375. The van der Waals surface area contributed by atoms with Gasteiger partial charge in [0.15, 0.2) is 0 Å². The SMILES string of the molecule is CCN1CC(C(=O)O)=C(Cl)C=C1Cl. The Labute approximate surface area is 86.2 Å². The summed E-state index contributed by atoms with van der Waals surface area (Å²) in [5.41, 5.74) is 0.188. The highest BCUT2D eigenvalue weighted by molar-refractivity contribution is 6.36. The first kappa shape index (κ1) is 10.4. The molecule has 0 aromatic heterocycles. The number of carboxylic acids is 1. The highest BCUT2D eigenvalue weighted by Gasteiger charge is 2.21. The Hall–Kier alpha value is -0.670. The van der Waals surface area contributed by atoms with Crippen molar-refractivity contribution < 1.29 is 9.90 Å². The number of hydrogen-bond acceptors (Lipinski definition) is 2. The number of nitrogens with zero attached hydrogens (tertiary/aromatic N) is 1. The first-order chi connectivity index (χ1) is 6.06. The van der Waals surface area contributed by atoms with Gasteiger partial charge in [0.25, 0.3) is 0 Å². The van der Waals surface area contributed by atoms with Gasteiger partial charge in [-0.25, -0.2) is 4.79 Å². The van der Waals surface area contributed by atoms with Crippen LogP contribution in [0.1, 0.15) is 6.92 Å². The minimum atomic E-state index is -0.996. The summed E-state index contributed by atoms with van der Waals surface area (Å²) < 4.78 is 0. The first-order valence-electron chi connectivity index (χ1n) is 3.80. The lowest BCUT2D eigenvalue weighted by Gasteiger charge is -2.25. The zero-order valence-electron chi connectivity index (χ0n) is 7.05. The Bertz CT molecular complexity index is 297. The molecular formula is C8H9Cl2NO2. The molecule has 1 N–H and O–H groups in total. The monoisotopic (exact) mass is 221 g/mol. The normalized spacial score (nSPS) is 17.5. The second-order valence-electron chi connectivity index (χ2n) is 2.61. The van der Waals surface area contributed by atoms with E-state index in [1.807, 2.05) is 6.92 Å². The van der Waals surface area contributed by atoms with Gasteiger partial charge in [0.05, 0.1) is 17.2 Å². The summed E-state index contributed by atoms with van der Waals surface area (Å²) in [6.07, 6.45) is 1.46. The molecule has 0 amide bonds. The molecule has 1 aliphatic heterocycles. The zero-order chi connectivity index (χ0) is 10.0. The molecule has 0 fully saturated rings. The molecule has 13 heavy (non-hydrogen) atoms. The van der Waals surface area contributed by atoms with E-state index < -0.39 is 5.97 Å². The van der Waals surface area contributed by atoms with Crippen molar-refractivity contribution in [3.63, 3.8) is 0 Å². The minimum Gasteiger partial charge on any atom is -0.478 e. The molecule has 0 aromatic carbocycles. The van der Waals surface area contributed by atoms with E-state index in [2.05, 4.69) is 0 Å². The third kappa shape index (κ3) is 2.17. The molecule has 0 saturated heterocycles. The quantitative estimate of drug-likeness (QED) is 0.726. The average Bonchev–Trinajstić information content (AvgIpc) is 2.03. The van der Waals surface area contributed by atoms with Crippen molar-refractivity contribution in [3.8, 4) is 0 Å². The van der Waals surface area contributed by atoms with Gasteiger partial charge in [0.1, 0.15) is 5.16 Å². The number of hydrogen-bond donors (Lipinski definition) is 1. The lowest BCUT2D eigenvalue weighted by atomic mass is 10.2. The molecule has 5 heteroatoms. The summed E-state index contributed by atoms with van der Waals surface area (Å²) in [5, 5.41) is 9.46. The zero-order valence-corrected chi connectivity index (χ0v) is 8.56. The van der Waals surface area contributed by atoms with E-state index in [1.165, 1.54) is 6.08 Å². The van der Waals surface area contributed by atoms with Crippen LogP contribution in [-0.4, -0.2) is 29.1 Å². The Balaban J connectivity index is 2.97. The predicted octanol–water partition coefficient (Wildman–Crippen LogP) is 1.98. The van der Waals surface area contributed by atoms with E-state index in [1.54, 1.807) is 4.90 Å². The molecule has 0 bridgehead atoms. The Morgan fingerprint density at radius 2 is 2.31 bits per heavy atom. The lowest BCUT2D eigenvalue weighted by Crippen LogP contribution is -2.28. The fourth-order valence-corrected chi connectivity index (χ4v) is 1.65. The number of carboxylic acid groups (broad SMARTS) is 1. The van der Waals surface area contributed by atoms with Crippen molar-refractivity contribution >= 4 is 29.2 Å². The second kappa shape index (κ2) is 4.03. The van der Waals surface area contributed by atoms with Crippen LogP contribution in [0.5, 0.6) is 0 Å². The molecule has 1 heterocycles. The maximum atomic E-state index is 10.7. The number of likely N-dealkylation sites (N-methyl/N-ethyl adjacent to an activating group) is 1. The Morgan fingerprint density at radius 1 is 1.69 bits per heavy atom. The molecule has 0 aliphatic carbocycles. The third-order valence-corrected chi connectivity index (χ3v) is 2.51. The molecular weight excluding hydrogens is 213 g/mol. The minimum absolute atomic E-state index is 0.188. The summed E-state index contributed by atoms with van der Waals surface area (Å²) in [4.78, 5) is 12.4. The van der Waals surface area contributed by atoms with Gasteiger partial charge in [-0.1, -0.05) is 23.2 Å². The summed E-state index contributed by atoms with van der Waals surface area (Å²) in [7, 11) is 0.